The SMILES string of the molecule is CCOC(=O)[C@@H]1C(=O)N(CCC(C)C)c2nc3ccccc3n2[C@@H]1c1ccc(OCC)cc1. The Labute approximate surface area is 194 Å². The predicted octanol–water partition coefficient (Wildman–Crippen LogP) is 4.60. The molecule has 2 aromatic carbocycles. The topological polar surface area (TPSA) is 73.7 Å². The molecule has 2 atom stereocenters. The first-order valence-electron chi connectivity index (χ1n) is 11.6. The lowest BCUT2D eigenvalue weighted by Crippen LogP contribution is -2.50. The second-order valence-electron chi connectivity index (χ2n) is 8.62. The highest BCUT2D eigenvalue weighted by atomic mass is 16.5. The number of rotatable bonds is 8. The van der Waals surface area contributed by atoms with Crippen molar-refractivity contribution < 1.29 is 19.1 Å². The van der Waals surface area contributed by atoms with E-state index in [2.05, 4.69) is 13.8 Å². The summed E-state index contributed by atoms with van der Waals surface area (Å²) in [7, 11) is 0. The van der Waals surface area contributed by atoms with Crippen LogP contribution in [0.3, 0.4) is 0 Å². The number of ether oxygens (including phenoxy) is 2. The van der Waals surface area contributed by atoms with E-state index in [0.717, 1.165) is 28.8 Å². The summed E-state index contributed by atoms with van der Waals surface area (Å²) >= 11 is 0. The fraction of sp³-hybridized carbons (Fsp3) is 0.423. The fourth-order valence-corrected chi connectivity index (χ4v) is 4.38. The van der Waals surface area contributed by atoms with Crippen molar-refractivity contribution in [3.05, 3.63) is 54.1 Å². The highest BCUT2D eigenvalue weighted by Gasteiger charge is 2.47. The molecule has 2 heterocycles. The highest BCUT2D eigenvalue weighted by molar-refractivity contribution is 6.08. The predicted molar refractivity (Wildman–Crippen MR) is 127 cm³/mol. The van der Waals surface area contributed by atoms with Gasteiger partial charge < -0.3 is 14.0 Å². The van der Waals surface area contributed by atoms with Crippen LogP contribution < -0.4 is 9.64 Å². The average molecular weight is 450 g/mol. The zero-order chi connectivity index (χ0) is 23.5. The number of anilines is 1. The number of hydrogen-bond acceptors (Lipinski definition) is 5. The molecule has 33 heavy (non-hydrogen) atoms. The van der Waals surface area contributed by atoms with Crippen molar-refractivity contribution in [1.82, 2.24) is 9.55 Å². The summed E-state index contributed by atoms with van der Waals surface area (Å²) in [4.78, 5) is 33.5. The van der Waals surface area contributed by atoms with Crippen molar-refractivity contribution in [2.75, 3.05) is 24.7 Å². The first-order chi connectivity index (χ1) is 16.0. The van der Waals surface area contributed by atoms with Gasteiger partial charge in [0.2, 0.25) is 11.9 Å². The molecular weight excluding hydrogens is 418 g/mol. The Balaban J connectivity index is 1.91. The Bertz CT molecular complexity index is 1140. The van der Waals surface area contributed by atoms with Crippen LogP contribution in [0.25, 0.3) is 11.0 Å². The van der Waals surface area contributed by atoms with E-state index in [9.17, 15) is 9.59 Å². The van der Waals surface area contributed by atoms with Crippen molar-refractivity contribution in [2.24, 2.45) is 11.8 Å². The van der Waals surface area contributed by atoms with E-state index in [1.54, 1.807) is 11.8 Å². The number of aromatic nitrogens is 2. The van der Waals surface area contributed by atoms with Gasteiger partial charge in [0.1, 0.15) is 5.75 Å². The molecule has 1 aliphatic rings. The molecule has 7 nitrogen and oxygen atoms in total. The molecule has 4 rings (SSSR count). The molecule has 0 saturated carbocycles. The molecule has 7 heteroatoms. The number of amides is 1. The maximum absolute atomic E-state index is 13.8. The first-order valence-corrected chi connectivity index (χ1v) is 11.6. The molecule has 0 unspecified atom stereocenters. The van der Waals surface area contributed by atoms with Gasteiger partial charge in [-0.1, -0.05) is 38.1 Å². The second-order valence-corrected chi connectivity index (χ2v) is 8.62. The van der Waals surface area contributed by atoms with Crippen LogP contribution in [0.2, 0.25) is 0 Å². The van der Waals surface area contributed by atoms with E-state index in [4.69, 9.17) is 14.5 Å². The number of para-hydroxylation sites is 2. The van der Waals surface area contributed by atoms with Crippen LogP contribution in [0.1, 0.15) is 45.7 Å². The lowest BCUT2D eigenvalue weighted by Gasteiger charge is -2.38. The molecule has 0 fully saturated rings. The van der Waals surface area contributed by atoms with Gasteiger partial charge in [0.15, 0.2) is 5.92 Å². The minimum atomic E-state index is -1.000. The average Bonchev–Trinajstić information content (AvgIpc) is 3.17. The number of hydrogen-bond donors (Lipinski definition) is 0. The zero-order valence-corrected chi connectivity index (χ0v) is 19.7. The summed E-state index contributed by atoms with van der Waals surface area (Å²) in [5.41, 5.74) is 2.50. The van der Waals surface area contributed by atoms with Crippen LogP contribution in [-0.4, -0.2) is 41.2 Å². The quantitative estimate of drug-likeness (QED) is 0.371. The van der Waals surface area contributed by atoms with Crippen LogP contribution >= 0.6 is 0 Å². The number of carbonyl (C=O) groups excluding carboxylic acids is 2. The fourth-order valence-electron chi connectivity index (χ4n) is 4.38. The van der Waals surface area contributed by atoms with Crippen LogP contribution in [0.5, 0.6) is 5.75 Å². The molecule has 1 amide bonds. The summed E-state index contributed by atoms with van der Waals surface area (Å²) in [6, 6.07) is 14.8. The van der Waals surface area contributed by atoms with Gasteiger partial charge in [-0.15, -0.1) is 0 Å². The van der Waals surface area contributed by atoms with Gasteiger partial charge >= 0.3 is 5.97 Å². The number of carbonyl (C=O) groups is 2. The van der Waals surface area contributed by atoms with Crippen LogP contribution in [0, 0.1) is 11.8 Å². The number of nitrogens with zero attached hydrogens (tertiary/aromatic N) is 3. The van der Waals surface area contributed by atoms with Crippen LogP contribution in [-0.2, 0) is 14.3 Å². The minimum absolute atomic E-state index is 0.210. The summed E-state index contributed by atoms with van der Waals surface area (Å²) < 4.78 is 13.0. The Kier molecular flexibility index (Phi) is 6.67. The smallest absolute Gasteiger partial charge is 0.321 e. The third-order valence-electron chi connectivity index (χ3n) is 5.95. The molecule has 1 aromatic heterocycles. The van der Waals surface area contributed by atoms with E-state index < -0.39 is 17.9 Å². The van der Waals surface area contributed by atoms with Gasteiger partial charge in [0, 0.05) is 6.54 Å². The highest BCUT2D eigenvalue weighted by Crippen LogP contribution is 2.41. The number of esters is 1. The lowest BCUT2D eigenvalue weighted by atomic mass is 9.89. The maximum atomic E-state index is 13.8. The zero-order valence-electron chi connectivity index (χ0n) is 19.7. The standard InChI is InChI=1S/C26H31N3O4/c1-5-32-19-13-11-18(12-14-19)23-22(25(31)33-6-2)24(30)28(16-15-17(3)4)26-27-20-9-7-8-10-21(20)29(23)26/h7-14,17,22-23H,5-6,15-16H2,1-4H3/t22-,23+/m0/s1. The van der Waals surface area contributed by atoms with Gasteiger partial charge in [-0.25, -0.2) is 4.98 Å². The van der Waals surface area contributed by atoms with Gasteiger partial charge in [-0.3, -0.25) is 14.5 Å². The Morgan fingerprint density at radius 2 is 1.79 bits per heavy atom. The minimum Gasteiger partial charge on any atom is -0.494 e. The molecule has 0 radical (unpaired) electrons. The van der Waals surface area contributed by atoms with E-state index in [1.807, 2.05) is 60.0 Å². The maximum Gasteiger partial charge on any atom is 0.321 e. The molecule has 0 N–H and O–H groups in total. The van der Waals surface area contributed by atoms with Crippen molar-refractivity contribution in [3.8, 4) is 5.75 Å². The third kappa shape index (κ3) is 4.32. The number of fused-ring (bicyclic) bond motifs is 3. The summed E-state index contributed by atoms with van der Waals surface area (Å²) in [6.45, 7) is 9.18. The normalized spacial score (nSPS) is 18.0. The summed E-state index contributed by atoms with van der Waals surface area (Å²) in [5.74, 6) is -0.0672. The van der Waals surface area contributed by atoms with Crippen molar-refractivity contribution in [2.45, 2.75) is 40.2 Å². The van der Waals surface area contributed by atoms with Gasteiger partial charge in [-0.05, 0) is 56.0 Å². The van der Waals surface area contributed by atoms with Crippen molar-refractivity contribution in [3.63, 3.8) is 0 Å². The molecule has 174 valence electrons. The molecule has 0 saturated heterocycles. The Morgan fingerprint density at radius 1 is 1.06 bits per heavy atom. The summed E-state index contributed by atoms with van der Waals surface area (Å²) in [6.07, 6.45) is 0.804. The van der Waals surface area contributed by atoms with Crippen molar-refractivity contribution in [1.29, 1.82) is 0 Å². The molecule has 1 aliphatic heterocycles. The van der Waals surface area contributed by atoms with Gasteiger partial charge in [0.25, 0.3) is 0 Å². The van der Waals surface area contributed by atoms with Crippen LogP contribution in [0.4, 0.5) is 5.95 Å². The summed E-state index contributed by atoms with van der Waals surface area (Å²) in [5, 5.41) is 0. The van der Waals surface area contributed by atoms with Crippen LogP contribution in [0.15, 0.2) is 48.5 Å². The lowest BCUT2D eigenvalue weighted by molar-refractivity contribution is -0.153. The number of imidazole rings is 1. The number of benzene rings is 2. The van der Waals surface area contributed by atoms with Gasteiger partial charge in [0.05, 0.1) is 30.3 Å². The monoisotopic (exact) mass is 449 g/mol. The molecule has 3 aromatic rings. The Morgan fingerprint density at radius 3 is 2.45 bits per heavy atom. The van der Waals surface area contributed by atoms with E-state index in [1.165, 1.54) is 0 Å². The van der Waals surface area contributed by atoms with E-state index in [-0.39, 0.29) is 12.5 Å². The largest absolute Gasteiger partial charge is 0.494 e. The van der Waals surface area contributed by atoms with E-state index >= 15 is 0 Å². The van der Waals surface area contributed by atoms with Gasteiger partial charge in [-0.2, -0.15) is 0 Å². The molecule has 0 bridgehead atoms. The second kappa shape index (κ2) is 9.65. The molecule has 0 spiro atoms. The molecule has 0 aliphatic carbocycles. The molecular formula is C26H31N3O4. The van der Waals surface area contributed by atoms with E-state index in [0.29, 0.717) is 25.0 Å². The van der Waals surface area contributed by atoms with Crippen molar-refractivity contribution >= 4 is 28.9 Å². The first kappa shape index (κ1) is 22.8. The third-order valence-corrected chi connectivity index (χ3v) is 5.95. The Hall–Kier alpha value is -3.35.